The maximum atomic E-state index is 12.4. The fourth-order valence-electron chi connectivity index (χ4n) is 2.96. The summed E-state index contributed by atoms with van der Waals surface area (Å²) in [6.07, 6.45) is 1.72. The van der Waals surface area contributed by atoms with Crippen LogP contribution in [0.3, 0.4) is 0 Å². The van der Waals surface area contributed by atoms with Crippen molar-refractivity contribution < 1.29 is 9.59 Å². The molecule has 122 valence electrons. The van der Waals surface area contributed by atoms with Crippen molar-refractivity contribution in [3.05, 3.63) is 0 Å². The third-order valence-corrected chi connectivity index (χ3v) is 4.93. The number of hydrogen-bond acceptors (Lipinski definition) is 3. The molecule has 0 radical (unpaired) electrons. The van der Waals surface area contributed by atoms with Crippen LogP contribution in [0.4, 0.5) is 4.79 Å². The maximum Gasteiger partial charge on any atom is 0.316 e. The lowest BCUT2D eigenvalue weighted by Crippen LogP contribution is -2.52. The van der Waals surface area contributed by atoms with Gasteiger partial charge in [-0.2, -0.15) is 0 Å². The van der Waals surface area contributed by atoms with E-state index in [1.54, 1.807) is 14.1 Å². The highest BCUT2D eigenvalue weighted by molar-refractivity contribution is 5.79. The standard InChI is InChI=1S/C15H30N4O2/c1-10-12(16)7-6-11(15(10,2)3)13(20)17-8-9-18-14(21)19(4)5/h10-12H,6-9,16H2,1-5H3,(H,17,20)(H,18,21). The lowest BCUT2D eigenvalue weighted by Gasteiger charge is -2.46. The largest absolute Gasteiger partial charge is 0.354 e. The van der Waals surface area contributed by atoms with Gasteiger partial charge in [-0.1, -0.05) is 20.8 Å². The van der Waals surface area contributed by atoms with Gasteiger partial charge in [0.05, 0.1) is 0 Å². The zero-order valence-electron chi connectivity index (χ0n) is 13.9. The summed E-state index contributed by atoms with van der Waals surface area (Å²) in [6, 6.07) is 0.0188. The average Bonchev–Trinajstić information content (AvgIpc) is 2.40. The summed E-state index contributed by atoms with van der Waals surface area (Å²) >= 11 is 0. The minimum absolute atomic E-state index is 0.0168. The lowest BCUT2D eigenvalue weighted by atomic mass is 9.61. The van der Waals surface area contributed by atoms with E-state index in [2.05, 4.69) is 31.4 Å². The first-order valence-electron chi connectivity index (χ1n) is 7.66. The van der Waals surface area contributed by atoms with Gasteiger partial charge in [0.15, 0.2) is 0 Å². The number of carbonyl (C=O) groups is 2. The molecular weight excluding hydrogens is 268 g/mol. The SMILES string of the molecule is CC1C(N)CCC(C(=O)NCCNC(=O)N(C)C)C1(C)C. The summed E-state index contributed by atoms with van der Waals surface area (Å²) in [5.41, 5.74) is 6.01. The molecule has 0 aromatic carbocycles. The van der Waals surface area contributed by atoms with Gasteiger partial charge in [0.1, 0.15) is 0 Å². The zero-order chi connectivity index (χ0) is 16.2. The van der Waals surface area contributed by atoms with E-state index < -0.39 is 0 Å². The van der Waals surface area contributed by atoms with Gasteiger partial charge < -0.3 is 21.3 Å². The van der Waals surface area contributed by atoms with Gasteiger partial charge >= 0.3 is 6.03 Å². The van der Waals surface area contributed by atoms with Crippen molar-refractivity contribution >= 4 is 11.9 Å². The molecule has 4 N–H and O–H groups in total. The Hall–Kier alpha value is -1.30. The summed E-state index contributed by atoms with van der Waals surface area (Å²) in [5.74, 6) is 0.366. The van der Waals surface area contributed by atoms with E-state index in [9.17, 15) is 9.59 Å². The first-order valence-corrected chi connectivity index (χ1v) is 7.66. The third kappa shape index (κ3) is 4.33. The Morgan fingerprint density at radius 1 is 1.19 bits per heavy atom. The smallest absolute Gasteiger partial charge is 0.316 e. The molecule has 0 spiro atoms. The molecule has 3 atom stereocenters. The Morgan fingerprint density at radius 2 is 1.76 bits per heavy atom. The Kier molecular flexibility index (Phi) is 6.01. The van der Waals surface area contributed by atoms with Crippen molar-refractivity contribution in [3.63, 3.8) is 0 Å². The number of carbonyl (C=O) groups excluding carboxylic acids is 2. The molecule has 1 aliphatic carbocycles. The van der Waals surface area contributed by atoms with Crippen molar-refractivity contribution in [1.82, 2.24) is 15.5 Å². The number of nitrogens with one attached hydrogen (secondary N) is 2. The molecule has 1 aliphatic rings. The molecule has 0 aliphatic heterocycles. The molecule has 6 nitrogen and oxygen atoms in total. The second kappa shape index (κ2) is 7.11. The second-order valence-corrected chi connectivity index (χ2v) is 6.82. The molecule has 6 heteroatoms. The highest BCUT2D eigenvalue weighted by Crippen LogP contribution is 2.44. The van der Waals surface area contributed by atoms with Crippen LogP contribution < -0.4 is 16.4 Å². The third-order valence-electron chi connectivity index (χ3n) is 4.93. The molecule has 21 heavy (non-hydrogen) atoms. The van der Waals surface area contributed by atoms with E-state index in [-0.39, 0.29) is 29.3 Å². The van der Waals surface area contributed by atoms with Crippen LogP contribution in [0.5, 0.6) is 0 Å². The van der Waals surface area contributed by atoms with Crippen molar-refractivity contribution in [1.29, 1.82) is 0 Å². The molecule has 1 saturated carbocycles. The summed E-state index contributed by atoms with van der Waals surface area (Å²) in [7, 11) is 3.37. The van der Waals surface area contributed by atoms with Crippen molar-refractivity contribution in [2.24, 2.45) is 23.0 Å². The Balaban J connectivity index is 2.43. The molecule has 0 heterocycles. The minimum Gasteiger partial charge on any atom is -0.354 e. The molecule has 3 amide bonds. The summed E-state index contributed by atoms with van der Waals surface area (Å²) in [5, 5.41) is 5.65. The molecule has 0 saturated heterocycles. The Labute approximate surface area is 127 Å². The first kappa shape index (κ1) is 17.8. The highest BCUT2D eigenvalue weighted by Gasteiger charge is 2.44. The average molecular weight is 298 g/mol. The quantitative estimate of drug-likeness (QED) is 0.670. The zero-order valence-corrected chi connectivity index (χ0v) is 13.9. The van der Waals surface area contributed by atoms with Crippen LogP contribution in [0, 0.1) is 17.3 Å². The van der Waals surface area contributed by atoms with Gasteiger partial charge in [-0.25, -0.2) is 4.79 Å². The van der Waals surface area contributed by atoms with E-state index in [1.807, 2.05) is 0 Å². The van der Waals surface area contributed by atoms with Gasteiger partial charge in [-0.15, -0.1) is 0 Å². The molecule has 0 aromatic heterocycles. The van der Waals surface area contributed by atoms with E-state index in [0.29, 0.717) is 19.0 Å². The van der Waals surface area contributed by atoms with Crippen LogP contribution in [0.15, 0.2) is 0 Å². The van der Waals surface area contributed by atoms with Gasteiger partial charge in [0, 0.05) is 39.1 Å². The first-order chi connectivity index (χ1) is 9.67. The molecule has 0 bridgehead atoms. The second-order valence-electron chi connectivity index (χ2n) is 6.82. The molecule has 0 aromatic rings. The number of rotatable bonds is 4. The highest BCUT2D eigenvalue weighted by atomic mass is 16.2. The lowest BCUT2D eigenvalue weighted by molar-refractivity contribution is -0.132. The van der Waals surface area contributed by atoms with Crippen molar-refractivity contribution in [3.8, 4) is 0 Å². The van der Waals surface area contributed by atoms with E-state index in [1.165, 1.54) is 4.90 Å². The topological polar surface area (TPSA) is 87.5 Å². The Bertz CT molecular complexity index is 382. The van der Waals surface area contributed by atoms with Crippen LogP contribution in [-0.2, 0) is 4.79 Å². The number of urea groups is 1. The predicted molar refractivity (Wildman–Crippen MR) is 83.7 cm³/mol. The van der Waals surface area contributed by atoms with Crippen LogP contribution in [0.1, 0.15) is 33.6 Å². The maximum absolute atomic E-state index is 12.4. The normalized spacial score (nSPS) is 27.8. The van der Waals surface area contributed by atoms with Gasteiger partial charge in [0.25, 0.3) is 0 Å². The molecule has 1 rings (SSSR count). The molecular formula is C15H30N4O2. The van der Waals surface area contributed by atoms with Crippen LogP contribution in [-0.4, -0.2) is 50.1 Å². The van der Waals surface area contributed by atoms with Crippen molar-refractivity contribution in [2.75, 3.05) is 27.2 Å². The van der Waals surface area contributed by atoms with Gasteiger partial charge in [-0.3, -0.25) is 4.79 Å². The number of hydrogen-bond donors (Lipinski definition) is 3. The summed E-state index contributed by atoms with van der Waals surface area (Å²) in [4.78, 5) is 25.2. The molecule has 3 unspecified atom stereocenters. The summed E-state index contributed by atoms with van der Waals surface area (Å²) < 4.78 is 0. The predicted octanol–water partition coefficient (Wildman–Crippen LogP) is 0.773. The van der Waals surface area contributed by atoms with Gasteiger partial charge in [0.2, 0.25) is 5.91 Å². The fraction of sp³-hybridized carbons (Fsp3) is 0.867. The summed E-state index contributed by atoms with van der Waals surface area (Å²) in [6.45, 7) is 7.25. The van der Waals surface area contributed by atoms with Crippen LogP contribution in [0.2, 0.25) is 0 Å². The fourth-order valence-corrected chi connectivity index (χ4v) is 2.96. The van der Waals surface area contributed by atoms with Gasteiger partial charge in [-0.05, 0) is 24.2 Å². The minimum atomic E-state index is -0.151. The van der Waals surface area contributed by atoms with E-state index in [0.717, 1.165) is 12.8 Å². The van der Waals surface area contributed by atoms with Crippen LogP contribution in [0.25, 0.3) is 0 Å². The number of nitrogens with two attached hydrogens (primary N) is 1. The monoisotopic (exact) mass is 298 g/mol. The number of amides is 3. The molecule has 1 fully saturated rings. The van der Waals surface area contributed by atoms with E-state index in [4.69, 9.17) is 5.73 Å². The van der Waals surface area contributed by atoms with Crippen molar-refractivity contribution in [2.45, 2.75) is 39.7 Å². The Morgan fingerprint density at radius 3 is 2.33 bits per heavy atom. The van der Waals surface area contributed by atoms with Crippen LogP contribution >= 0.6 is 0 Å². The van der Waals surface area contributed by atoms with E-state index >= 15 is 0 Å². The number of nitrogens with zero attached hydrogens (tertiary/aromatic N) is 1.